The van der Waals surface area contributed by atoms with Crippen molar-refractivity contribution in [2.24, 2.45) is 0 Å². The van der Waals surface area contributed by atoms with Crippen LogP contribution in [0.25, 0.3) is 0 Å². The van der Waals surface area contributed by atoms with Crippen LogP contribution in [0.5, 0.6) is 0 Å². The summed E-state index contributed by atoms with van der Waals surface area (Å²) in [6.07, 6.45) is 1.34. The second-order valence-electron chi connectivity index (χ2n) is 4.26. The first-order valence-corrected chi connectivity index (χ1v) is 7.04. The molecule has 2 N–H and O–H groups in total. The molecule has 0 aliphatic rings. The summed E-state index contributed by atoms with van der Waals surface area (Å²) in [5.74, 6) is -0.574. The van der Waals surface area contributed by atoms with Crippen LogP contribution >= 0.6 is 23.2 Å². The first-order chi connectivity index (χ1) is 10.6. The van der Waals surface area contributed by atoms with E-state index in [1.807, 2.05) is 36.4 Å². The Hall–Kier alpha value is -2.48. The standard InChI is InChI=1S/C16H11Cl2N3O/c17-12-6-7-14(18)15(8-12)21-16(22)11(9-19)10-20-13-4-2-1-3-5-13/h1-8,10,20H,(H,21,22)/b11-10-. The van der Waals surface area contributed by atoms with Crippen molar-refractivity contribution in [1.29, 1.82) is 5.26 Å². The van der Waals surface area contributed by atoms with Gasteiger partial charge in [0.1, 0.15) is 11.6 Å². The molecule has 110 valence electrons. The number of nitrogens with zero attached hydrogens (tertiary/aromatic N) is 1. The number of amides is 1. The van der Waals surface area contributed by atoms with E-state index >= 15 is 0 Å². The van der Waals surface area contributed by atoms with E-state index in [0.717, 1.165) is 5.69 Å². The van der Waals surface area contributed by atoms with E-state index in [2.05, 4.69) is 10.6 Å². The highest BCUT2D eigenvalue weighted by Crippen LogP contribution is 2.25. The predicted octanol–water partition coefficient (Wildman–Crippen LogP) is 4.45. The molecule has 1 amide bonds. The Bertz CT molecular complexity index is 752. The lowest BCUT2D eigenvalue weighted by molar-refractivity contribution is -0.112. The van der Waals surface area contributed by atoms with Gasteiger partial charge in [-0.05, 0) is 30.3 Å². The molecule has 0 radical (unpaired) electrons. The minimum Gasteiger partial charge on any atom is -0.360 e. The highest BCUT2D eigenvalue weighted by atomic mass is 35.5. The quantitative estimate of drug-likeness (QED) is 0.642. The molecule has 0 aliphatic carbocycles. The summed E-state index contributed by atoms with van der Waals surface area (Å²) >= 11 is 11.8. The van der Waals surface area contributed by atoms with Crippen LogP contribution in [0.15, 0.2) is 60.3 Å². The maximum atomic E-state index is 12.1. The molecule has 0 fully saturated rings. The molecule has 0 saturated carbocycles. The van der Waals surface area contributed by atoms with Crippen LogP contribution in [-0.4, -0.2) is 5.91 Å². The Morgan fingerprint density at radius 3 is 2.55 bits per heavy atom. The van der Waals surface area contributed by atoms with Gasteiger partial charge in [0.05, 0.1) is 10.7 Å². The Morgan fingerprint density at radius 2 is 1.86 bits per heavy atom. The van der Waals surface area contributed by atoms with E-state index in [0.29, 0.717) is 15.7 Å². The molecule has 2 rings (SSSR count). The first kappa shape index (κ1) is 15.9. The summed E-state index contributed by atoms with van der Waals surface area (Å²) in [7, 11) is 0. The number of nitriles is 1. The summed E-state index contributed by atoms with van der Waals surface area (Å²) in [5.41, 5.74) is 1.03. The molecule has 0 atom stereocenters. The Labute approximate surface area is 138 Å². The van der Waals surface area contributed by atoms with Gasteiger partial charge in [0.15, 0.2) is 0 Å². The van der Waals surface area contributed by atoms with Gasteiger partial charge in [-0.2, -0.15) is 5.26 Å². The van der Waals surface area contributed by atoms with Gasteiger partial charge in [-0.25, -0.2) is 0 Å². The lowest BCUT2D eigenvalue weighted by Crippen LogP contribution is -2.14. The zero-order valence-electron chi connectivity index (χ0n) is 11.3. The number of nitrogens with one attached hydrogen (secondary N) is 2. The van der Waals surface area contributed by atoms with Crippen molar-refractivity contribution in [1.82, 2.24) is 0 Å². The highest BCUT2D eigenvalue weighted by Gasteiger charge is 2.11. The molecule has 2 aromatic rings. The summed E-state index contributed by atoms with van der Waals surface area (Å²) in [6.45, 7) is 0. The second-order valence-corrected chi connectivity index (χ2v) is 5.10. The smallest absolute Gasteiger partial charge is 0.267 e. The number of carbonyl (C=O) groups is 1. The van der Waals surface area contributed by atoms with Crippen molar-refractivity contribution in [2.75, 3.05) is 10.6 Å². The van der Waals surface area contributed by atoms with E-state index in [1.54, 1.807) is 12.1 Å². The molecule has 2 aromatic carbocycles. The Kier molecular flexibility index (Phi) is 5.42. The second kappa shape index (κ2) is 7.51. The largest absolute Gasteiger partial charge is 0.360 e. The average Bonchev–Trinajstić information content (AvgIpc) is 2.52. The number of rotatable bonds is 4. The van der Waals surface area contributed by atoms with Gasteiger partial charge in [0, 0.05) is 16.9 Å². The number of hydrogen-bond donors (Lipinski definition) is 2. The van der Waals surface area contributed by atoms with Gasteiger partial charge >= 0.3 is 0 Å². The molecule has 0 spiro atoms. The van der Waals surface area contributed by atoms with Gasteiger partial charge < -0.3 is 10.6 Å². The van der Waals surface area contributed by atoms with Crippen molar-refractivity contribution in [3.8, 4) is 6.07 Å². The third kappa shape index (κ3) is 4.26. The molecular formula is C16H11Cl2N3O. The van der Waals surface area contributed by atoms with Crippen molar-refractivity contribution < 1.29 is 4.79 Å². The third-order valence-electron chi connectivity index (χ3n) is 2.70. The number of carbonyl (C=O) groups excluding carboxylic acids is 1. The number of anilines is 2. The fraction of sp³-hybridized carbons (Fsp3) is 0. The Balaban J connectivity index is 2.12. The summed E-state index contributed by atoms with van der Waals surface area (Å²) in [4.78, 5) is 12.1. The van der Waals surface area contributed by atoms with Crippen LogP contribution in [0.4, 0.5) is 11.4 Å². The van der Waals surface area contributed by atoms with Crippen LogP contribution in [0.3, 0.4) is 0 Å². The van der Waals surface area contributed by atoms with Gasteiger partial charge in [-0.15, -0.1) is 0 Å². The molecule has 0 bridgehead atoms. The predicted molar refractivity (Wildman–Crippen MR) is 88.9 cm³/mol. The van der Waals surface area contributed by atoms with Crippen LogP contribution in [0, 0.1) is 11.3 Å². The zero-order chi connectivity index (χ0) is 15.9. The molecule has 22 heavy (non-hydrogen) atoms. The van der Waals surface area contributed by atoms with Gasteiger partial charge in [-0.3, -0.25) is 4.79 Å². The minimum absolute atomic E-state index is 0.0834. The summed E-state index contributed by atoms with van der Waals surface area (Å²) in [6, 6.07) is 15.7. The van der Waals surface area contributed by atoms with E-state index in [-0.39, 0.29) is 5.57 Å². The summed E-state index contributed by atoms with van der Waals surface area (Å²) in [5, 5.41) is 15.3. The molecule has 0 aromatic heterocycles. The molecule has 0 unspecified atom stereocenters. The zero-order valence-corrected chi connectivity index (χ0v) is 12.8. The molecule has 6 heteroatoms. The average molecular weight is 332 g/mol. The van der Waals surface area contributed by atoms with Crippen molar-refractivity contribution in [3.05, 3.63) is 70.3 Å². The maximum absolute atomic E-state index is 12.1. The SMILES string of the molecule is N#C/C(=C/Nc1ccccc1)C(=O)Nc1cc(Cl)ccc1Cl. The minimum atomic E-state index is -0.574. The van der Waals surface area contributed by atoms with E-state index in [1.165, 1.54) is 12.3 Å². The van der Waals surface area contributed by atoms with Crippen LogP contribution < -0.4 is 10.6 Å². The topological polar surface area (TPSA) is 64.9 Å². The number of benzene rings is 2. The lowest BCUT2D eigenvalue weighted by Gasteiger charge is -2.07. The fourth-order valence-electron chi connectivity index (χ4n) is 1.62. The lowest BCUT2D eigenvalue weighted by atomic mass is 10.2. The van der Waals surface area contributed by atoms with Crippen LogP contribution in [0.2, 0.25) is 10.0 Å². The number of halogens is 2. The molecule has 0 saturated heterocycles. The molecule has 4 nitrogen and oxygen atoms in total. The van der Waals surface area contributed by atoms with Gasteiger partial charge in [-0.1, -0.05) is 41.4 Å². The van der Waals surface area contributed by atoms with E-state index in [9.17, 15) is 4.79 Å². The third-order valence-corrected chi connectivity index (χ3v) is 3.26. The van der Waals surface area contributed by atoms with Crippen molar-refractivity contribution in [3.63, 3.8) is 0 Å². The highest BCUT2D eigenvalue weighted by molar-refractivity contribution is 6.35. The van der Waals surface area contributed by atoms with Gasteiger partial charge in [0.25, 0.3) is 5.91 Å². The molecular weight excluding hydrogens is 321 g/mol. The monoisotopic (exact) mass is 331 g/mol. The van der Waals surface area contributed by atoms with Gasteiger partial charge in [0.2, 0.25) is 0 Å². The Morgan fingerprint density at radius 1 is 1.14 bits per heavy atom. The first-order valence-electron chi connectivity index (χ1n) is 6.28. The number of hydrogen-bond acceptors (Lipinski definition) is 3. The van der Waals surface area contributed by atoms with E-state index in [4.69, 9.17) is 28.5 Å². The molecule has 0 heterocycles. The molecule has 0 aliphatic heterocycles. The normalized spacial score (nSPS) is 10.7. The fourth-order valence-corrected chi connectivity index (χ4v) is 1.96. The van der Waals surface area contributed by atoms with E-state index < -0.39 is 5.91 Å². The maximum Gasteiger partial charge on any atom is 0.267 e. The number of para-hydroxylation sites is 1. The summed E-state index contributed by atoms with van der Waals surface area (Å²) < 4.78 is 0. The van der Waals surface area contributed by atoms with Crippen LogP contribution in [0.1, 0.15) is 0 Å². The van der Waals surface area contributed by atoms with Crippen molar-refractivity contribution >= 4 is 40.5 Å². The van der Waals surface area contributed by atoms with Crippen molar-refractivity contribution in [2.45, 2.75) is 0 Å². The van der Waals surface area contributed by atoms with Crippen LogP contribution in [-0.2, 0) is 4.79 Å².